The van der Waals surface area contributed by atoms with Crippen molar-refractivity contribution in [1.29, 1.82) is 0 Å². The van der Waals surface area contributed by atoms with Gasteiger partial charge in [-0.05, 0) is 165 Å². The Morgan fingerprint density at radius 3 is 0.899 bits per heavy atom. The largest absolute Gasteiger partial charge is 0.519 e. The number of carbonyl (C=O) groups is 7. The molecule has 726 valence electrons. The summed E-state index contributed by atoms with van der Waals surface area (Å²) in [4.78, 5) is 83.2. The van der Waals surface area contributed by atoms with Gasteiger partial charge in [0.25, 0.3) is 0 Å². The summed E-state index contributed by atoms with van der Waals surface area (Å²) in [5.74, 6) is -1.05. The first-order valence-corrected chi connectivity index (χ1v) is 44.5. The van der Waals surface area contributed by atoms with Crippen molar-refractivity contribution in [3.8, 4) is 0 Å². The van der Waals surface area contributed by atoms with Crippen LogP contribution < -0.4 is 43.4 Å². The number of amides is 2. The second-order valence-electron chi connectivity index (χ2n) is 38.7. The van der Waals surface area contributed by atoms with Crippen molar-refractivity contribution in [3.05, 3.63) is 174 Å². The smallest absolute Gasteiger partial charge is 0.460 e. The molecule has 0 spiro atoms. The lowest BCUT2D eigenvalue weighted by Crippen LogP contribution is -2.44. The van der Waals surface area contributed by atoms with Gasteiger partial charge in [0, 0.05) is 55.7 Å². The molecule has 6 unspecified atom stereocenters. The predicted octanol–water partition coefficient (Wildman–Crippen LogP) is 24.7. The number of esters is 3. The number of aliphatic hydroxyl groups excluding tert-OH is 2. The van der Waals surface area contributed by atoms with Crippen LogP contribution in [0.4, 0.5) is 53.3 Å². The van der Waals surface area contributed by atoms with Crippen LogP contribution in [0.15, 0.2) is 127 Å². The summed E-state index contributed by atoms with van der Waals surface area (Å²) in [5, 5.41) is 39.5. The van der Waals surface area contributed by atoms with Crippen LogP contribution in [-0.2, 0) is 71.5 Å². The number of hydrogen-bond acceptors (Lipinski definition) is 23. The molecular formula is C96H145Cl7N8O17S. The van der Waals surface area contributed by atoms with E-state index in [1.165, 1.54) is 5.49 Å². The highest BCUT2D eigenvalue weighted by atomic mass is 35.5. The quantitative estimate of drug-likeness (QED) is 0.0116. The van der Waals surface area contributed by atoms with E-state index in [0.717, 1.165) is 28.1 Å². The SMILES string of the molecule is CC(C)(C)C(CN)OC(=O)Cc1ccccc1Nc1c(Cl)cccc1Cl.CC(C)(C)C(CNC=S)OC(=O)Cc1ccccc1Nc1c(Cl)cccc1Cl.CC(C)(C)C(O)CN.CC(C)(C)OC(=O)NCC(O)C(C)(C)C.CC(C)(C)OC(=O)NCC(OC(=O)Cc1ccccc1Nc1c(Cl)cccc1Cl)C(C)(C)C.CC(C)(C)OC(=O)OC(=O)OC(C)(C)C.Cl.[2H]C([3H])CC. The first-order valence-electron chi connectivity index (χ1n) is 42.9. The number of nitrogens with one attached hydrogen (secondary N) is 6. The zero-order valence-corrected chi connectivity index (χ0v) is 86.5. The Kier molecular flexibility index (Phi) is 53.2. The summed E-state index contributed by atoms with van der Waals surface area (Å²) >= 11 is 42.3. The van der Waals surface area contributed by atoms with Gasteiger partial charge in [-0.25, -0.2) is 19.2 Å². The molecule has 0 radical (unpaired) electrons. The lowest BCUT2D eigenvalue weighted by molar-refractivity contribution is -0.154. The first kappa shape index (κ1) is 119. The van der Waals surface area contributed by atoms with Crippen LogP contribution in [0.2, 0.25) is 30.1 Å². The van der Waals surface area contributed by atoms with E-state index >= 15 is 0 Å². The van der Waals surface area contributed by atoms with E-state index in [1.54, 1.807) is 138 Å². The zero-order valence-electron chi connectivity index (χ0n) is 82.3. The van der Waals surface area contributed by atoms with Crippen LogP contribution >= 0.6 is 94.2 Å². The number of halogens is 7. The highest BCUT2D eigenvalue weighted by Gasteiger charge is 2.33. The Balaban J connectivity index is 0. The van der Waals surface area contributed by atoms with E-state index in [0.29, 0.717) is 72.4 Å². The molecule has 129 heavy (non-hydrogen) atoms. The molecule has 0 saturated heterocycles. The number of benzene rings is 6. The molecule has 6 aromatic rings. The molecule has 2 amide bonds. The van der Waals surface area contributed by atoms with E-state index in [9.17, 15) is 38.7 Å². The fraction of sp³-hybridized carbons (Fsp3) is 0.542. The number of thiocarbonyl (C=S) groups is 1. The van der Waals surface area contributed by atoms with E-state index in [4.69, 9.17) is 134 Å². The maximum atomic E-state index is 12.8. The minimum absolute atomic E-state index is 0. The number of ether oxygens (including phenoxy) is 8. The first-order chi connectivity index (χ1) is 59.5. The summed E-state index contributed by atoms with van der Waals surface area (Å²) in [7, 11) is 0. The standard InChI is InChI=1S/C25H32Cl2N2O4.C21H24Cl2N2O2S.C20H24Cl2N2O2.C11H23NO3.C10H18O5.C6H15NO.C3H8.ClH/c1-24(2,3)20(15-28-23(31)33-25(4,5)6)32-21(30)14-16-10-7-8-13-19(16)29-22-17(26)11-9-12-18(22)27;1-21(2,3)18(12-24-13-28)27-19(26)11-14-7-4-5-10-17(14)25-20-15(22)8-6-9-16(20)23;1-20(2,3)17(12-23)26-18(25)11-13-7-4-5-10-16(13)24-19-14(21)8-6-9-15(19)22;1-10(2,3)8(13)7-12-9(14)15-11(4,5)6;1-9(2,3)14-7(11)13-8(12)15-10(4,5)6;1-6(2,3)5(8)4-7;1-3-2;/h7-13,20,29H,14-15H2,1-6H3,(H,28,31);4-10,13,18,25H,11-12H2,1-3H3,(H,24,28);4-10,17,24H,11-12,23H2,1-3H3;8,13H,7H2,1-6H3,(H,12,14);1-6H3;5,8H,4,7H2,1-3H3;3H2,1-2H3;1H/i;;;;;;1TD;. The molecular weight excluding hydrogens is 1820 g/mol. The number of nitrogens with two attached hydrogens (primary N) is 2. The summed E-state index contributed by atoms with van der Waals surface area (Å²) in [5.41, 5.74) is 15.0. The van der Waals surface area contributed by atoms with Crippen LogP contribution in [-0.4, -0.2) is 144 Å². The maximum absolute atomic E-state index is 12.8. The molecule has 0 bridgehead atoms. The van der Waals surface area contributed by atoms with Crippen LogP contribution in [0.1, 0.15) is 227 Å². The van der Waals surface area contributed by atoms with Gasteiger partial charge in [0.2, 0.25) is 0 Å². The van der Waals surface area contributed by atoms with Crippen molar-refractivity contribution in [2.75, 3.05) is 48.7 Å². The molecule has 0 aliphatic heterocycles. The highest BCUT2D eigenvalue weighted by Crippen LogP contribution is 2.38. The molecule has 0 aliphatic carbocycles. The Hall–Kier alpha value is -7.83. The van der Waals surface area contributed by atoms with Crippen LogP contribution in [0.5, 0.6) is 0 Å². The Morgan fingerprint density at radius 1 is 0.403 bits per heavy atom. The molecule has 0 heterocycles. The Labute approximate surface area is 811 Å². The van der Waals surface area contributed by atoms with Gasteiger partial charge in [-0.15, -0.1) is 12.4 Å². The monoisotopic (exact) mass is 1960 g/mol. The van der Waals surface area contributed by atoms with E-state index in [-0.39, 0.29) is 103 Å². The summed E-state index contributed by atoms with van der Waals surface area (Å²) in [6, 6.07) is 38.1. The van der Waals surface area contributed by atoms with Crippen LogP contribution in [0.25, 0.3) is 0 Å². The van der Waals surface area contributed by atoms with Gasteiger partial charge >= 0.3 is 42.4 Å². The van der Waals surface area contributed by atoms with Crippen molar-refractivity contribution < 1.29 is 84.4 Å². The maximum Gasteiger partial charge on any atom is 0.519 e. The fourth-order valence-electron chi connectivity index (χ4n) is 9.75. The third-order valence-corrected chi connectivity index (χ3v) is 18.9. The van der Waals surface area contributed by atoms with E-state index < -0.39 is 77.4 Å². The Bertz CT molecular complexity index is 4410. The highest BCUT2D eigenvalue weighted by molar-refractivity contribution is 7.78. The lowest BCUT2D eigenvalue weighted by atomic mass is 9.89. The number of hydrogen-bond donors (Lipinski definition) is 10. The van der Waals surface area contributed by atoms with Crippen molar-refractivity contribution in [1.82, 2.24) is 16.0 Å². The van der Waals surface area contributed by atoms with E-state index in [2.05, 4.69) is 36.6 Å². The fourth-order valence-corrected chi connectivity index (χ4v) is 11.3. The molecule has 6 atom stereocenters. The molecule has 0 saturated carbocycles. The predicted molar refractivity (Wildman–Crippen MR) is 534 cm³/mol. The normalized spacial score (nSPS) is 13.1. The number of rotatable bonds is 24. The van der Waals surface area contributed by atoms with Gasteiger partial charge in [0.1, 0.15) is 40.7 Å². The molecule has 0 fully saturated rings. The van der Waals surface area contributed by atoms with Gasteiger partial charge < -0.3 is 91.5 Å². The molecule has 12 N–H and O–H groups in total. The van der Waals surface area contributed by atoms with Crippen LogP contribution in [0, 0.1) is 27.1 Å². The number of para-hydroxylation sites is 6. The number of aliphatic hydroxyl groups is 2. The topological polar surface area (TPSA) is 358 Å². The lowest BCUT2D eigenvalue weighted by Gasteiger charge is -2.31. The van der Waals surface area contributed by atoms with Crippen molar-refractivity contribution in [2.45, 2.75) is 279 Å². The molecule has 33 heteroatoms. The molecule has 6 aromatic carbocycles. The zero-order chi connectivity index (χ0) is 100. The second kappa shape index (κ2) is 57.6. The van der Waals surface area contributed by atoms with Gasteiger partial charge in [-0.1, -0.05) is 279 Å². The van der Waals surface area contributed by atoms with Crippen LogP contribution in [0.3, 0.4) is 0 Å². The third kappa shape index (κ3) is 54.7. The summed E-state index contributed by atoms with van der Waals surface area (Å²) in [6.07, 6.45) is -4.40. The van der Waals surface area contributed by atoms with Gasteiger partial charge in [0.15, 0.2) is 0 Å². The summed E-state index contributed by atoms with van der Waals surface area (Å²) in [6.45, 7) is 52.9. The molecule has 0 aliphatic rings. The molecule has 6 rings (SSSR count). The van der Waals surface area contributed by atoms with Crippen molar-refractivity contribution in [3.63, 3.8) is 0 Å². The Morgan fingerprint density at radius 2 is 0.667 bits per heavy atom. The number of carbonyl (C=O) groups excluding carboxylic acids is 7. The second-order valence-corrected chi connectivity index (χ2v) is 41.3. The minimum atomic E-state index is -1.06. The van der Waals surface area contributed by atoms with Gasteiger partial charge in [-0.2, -0.15) is 0 Å². The molecule has 0 aromatic heterocycles. The minimum Gasteiger partial charge on any atom is -0.460 e. The summed E-state index contributed by atoms with van der Waals surface area (Å²) < 4.78 is 54.2. The average Bonchev–Trinajstić information content (AvgIpc) is 0.830. The van der Waals surface area contributed by atoms with Gasteiger partial charge in [0.05, 0.1) is 97.2 Å². The average molecular weight is 1970 g/mol. The number of alkyl carbamates (subject to hydrolysis) is 2. The third-order valence-electron chi connectivity index (χ3n) is 16.9. The van der Waals surface area contributed by atoms with Crippen molar-refractivity contribution in [2.24, 2.45) is 38.5 Å². The molecule has 25 nitrogen and oxygen atoms in total. The van der Waals surface area contributed by atoms with Crippen molar-refractivity contribution >= 4 is 176 Å². The number of anilines is 6. The van der Waals surface area contributed by atoms with E-state index in [1.807, 2.05) is 184 Å². The van der Waals surface area contributed by atoms with Gasteiger partial charge in [-0.3, -0.25) is 14.4 Å².